The van der Waals surface area contributed by atoms with Gasteiger partial charge in [-0.25, -0.2) is 4.79 Å². The molecule has 0 N–H and O–H groups in total. The van der Waals surface area contributed by atoms with E-state index in [-0.39, 0.29) is 19.3 Å². The van der Waals surface area contributed by atoms with Gasteiger partial charge < -0.3 is 18.6 Å². The Labute approximate surface area is 162 Å². The highest BCUT2D eigenvalue weighted by atomic mass is 79.9. The van der Waals surface area contributed by atoms with Gasteiger partial charge in [0, 0.05) is 10.5 Å². The summed E-state index contributed by atoms with van der Waals surface area (Å²) < 4.78 is 22.0. The van der Waals surface area contributed by atoms with E-state index in [0.717, 1.165) is 15.6 Å². The van der Waals surface area contributed by atoms with Gasteiger partial charge in [-0.15, -0.1) is 10.2 Å². The molecule has 136 valence electrons. The van der Waals surface area contributed by atoms with Crippen molar-refractivity contribution in [2.45, 2.75) is 6.61 Å². The first-order valence-corrected chi connectivity index (χ1v) is 8.80. The molecule has 1 aromatic heterocycles. The van der Waals surface area contributed by atoms with Crippen molar-refractivity contribution in [3.63, 3.8) is 0 Å². The predicted octanol–water partition coefficient (Wildman–Crippen LogP) is 3.98. The fourth-order valence-corrected chi connectivity index (χ4v) is 2.87. The van der Waals surface area contributed by atoms with E-state index < -0.39 is 5.97 Å². The average molecular weight is 429 g/mol. The summed E-state index contributed by atoms with van der Waals surface area (Å²) in [5, 5.41) is 7.86. The summed E-state index contributed by atoms with van der Waals surface area (Å²) in [5.41, 5.74) is 1.57. The van der Waals surface area contributed by atoms with Gasteiger partial charge in [0.05, 0.1) is 5.56 Å². The second-order valence-corrected chi connectivity index (χ2v) is 6.39. The monoisotopic (exact) mass is 428 g/mol. The molecule has 2 aromatic carbocycles. The van der Waals surface area contributed by atoms with E-state index in [9.17, 15) is 4.79 Å². The van der Waals surface area contributed by atoms with Gasteiger partial charge in [-0.1, -0.05) is 18.2 Å². The van der Waals surface area contributed by atoms with Gasteiger partial charge in [-0.3, -0.25) is 0 Å². The maximum Gasteiger partial charge on any atom is 0.331 e. The number of hydrogen-bond acceptors (Lipinski definition) is 7. The van der Waals surface area contributed by atoms with Crippen LogP contribution in [0.3, 0.4) is 0 Å². The number of aromatic nitrogens is 2. The number of carbonyl (C=O) groups is 1. The lowest BCUT2D eigenvalue weighted by molar-refractivity contribution is -0.139. The highest BCUT2D eigenvalue weighted by molar-refractivity contribution is 9.10. The summed E-state index contributed by atoms with van der Waals surface area (Å²) in [7, 11) is 0. The molecule has 0 spiro atoms. The normalized spacial score (nSPS) is 12.5. The van der Waals surface area contributed by atoms with Gasteiger partial charge in [0.1, 0.15) is 0 Å². The van der Waals surface area contributed by atoms with Gasteiger partial charge in [-0.05, 0) is 51.8 Å². The van der Waals surface area contributed by atoms with Crippen molar-refractivity contribution < 1.29 is 23.4 Å². The maximum atomic E-state index is 11.9. The molecule has 0 saturated heterocycles. The Morgan fingerprint density at radius 1 is 1.15 bits per heavy atom. The molecule has 0 aliphatic carbocycles. The van der Waals surface area contributed by atoms with Gasteiger partial charge in [-0.2, -0.15) is 0 Å². The summed E-state index contributed by atoms with van der Waals surface area (Å²) in [4.78, 5) is 11.9. The largest absolute Gasteiger partial charge is 0.454 e. The number of hydrogen-bond donors (Lipinski definition) is 0. The zero-order valence-electron chi connectivity index (χ0n) is 13.9. The smallest absolute Gasteiger partial charge is 0.331 e. The topological polar surface area (TPSA) is 83.7 Å². The van der Waals surface area contributed by atoms with E-state index in [1.807, 2.05) is 30.3 Å². The number of ether oxygens (including phenoxy) is 3. The Bertz CT molecular complexity index is 1010. The molecule has 0 fully saturated rings. The molecule has 0 atom stereocenters. The Kier molecular flexibility index (Phi) is 4.88. The van der Waals surface area contributed by atoms with E-state index >= 15 is 0 Å². The number of fused-ring (bicyclic) bond motifs is 1. The molecule has 3 aromatic rings. The summed E-state index contributed by atoms with van der Waals surface area (Å²) in [6.07, 6.45) is 2.95. The Morgan fingerprint density at radius 2 is 2.00 bits per heavy atom. The molecule has 0 amide bonds. The van der Waals surface area contributed by atoms with Crippen molar-refractivity contribution in [2.75, 3.05) is 6.79 Å². The van der Waals surface area contributed by atoms with Gasteiger partial charge in [0.2, 0.25) is 12.7 Å². The quantitative estimate of drug-likeness (QED) is 0.448. The zero-order valence-corrected chi connectivity index (χ0v) is 15.5. The molecule has 8 heteroatoms. The molecule has 1 aliphatic rings. The van der Waals surface area contributed by atoms with Crippen molar-refractivity contribution >= 4 is 28.0 Å². The van der Waals surface area contributed by atoms with Crippen LogP contribution >= 0.6 is 15.9 Å². The molecule has 1 aliphatic heterocycles. The van der Waals surface area contributed by atoms with Crippen LogP contribution in [0.25, 0.3) is 17.5 Å². The lowest BCUT2D eigenvalue weighted by Crippen LogP contribution is -2.00. The van der Waals surface area contributed by atoms with Crippen molar-refractivity contribution in [1.29, 1.82) is 0 Å². The van der Waals surface area contributed by atoms with Crippen LogP contribution in [-0.2, 0) is 16.1 Å². The van der Waals surface area contributed by atoms with E-state index in [4.69, 9.17) is 18.6 Å². The highest BCUT2D eigenvalue weighted by Gasteiger charge is 2.13. The summed E-state index contributed by atoms with van der Waals surface area (Å²) in [5.74, 6) is 1.38. The number of rotatable bonds is 5. The molecular formula is C19H13BrN2O5. The minimum absolute atomic E-state index is 0.109. The van der Waals surface area contributed by atoms with Crippen molar-refractivity contribution in [3.05, 3.63) is 64.5 Å². The summed E-state index contributed by atoms with van der Waals surface area (Å²) >= 11 is 3.43. The van der Waals surface area contributed by atoms with E-state index in [2.05, 4.69) is 26.1 Å². The summed E-state index contributed by atoms with van der Waals surface area (Å²) in [6.45, 7) is 0.0953. The minimum Gasteiger partial charge on any atom is -0.454 e. The Morgan fingerprint density at radius 3 is 2.89 bits per heavy atom. The van der Waals surface area contributed by atoms with Crippen LogP contribution in [0.1, 0.15) is 11.5 Å². The zero-order chi connectivity index (χ0) is 18.6. The maximum absolute atomic E-state index is 11.9. The average Bonchev–Trinajstić information content (AvgIpc) is 3.34. The van der Waals surface area contributed by atoms with Gasteiger partial charge in [0.15, 0.2) is 18.1 Å². The molecule has 0 saturated carbocycles. The van der Waals surface area contributed by atoms with Crippen molar-refractivity contribution in [1.82, 2.24) is 10.2 Å². The number of halogens is 1. The van der Waals surface area contributed by atoms with Crippen molar-refractivity contribution in [2.24, 2.45) is 0 Å². The number of carbonyl (C=O) groups excluding carboxylic acids is 1. The van der Waals surface area contributed by atoms with Crippen LogP contribution in [0.5, 0.6) is 11.5 Å². The predicted molar refractivity (Wildman–Crippen MR) is 98.8 cm³/mol. The lowest BCUT2D eigenvalue weighted by Gasteiger charge is -1.99. The van der Waals surface area contributed by atoms with E-state index in [1.165, 1.54) is 6.08 Å². The third kappa shape index (κ3) is 4.01. The van der Waals surface area contributed by atoms with E-state index in [1.54, 1.807) is 18.2 Å². The van der Waals surface area contributed by atoms with Crippen molar-refractivity contribution in [3.8, 4) is 23.0 Å². The van der Waals surface area contributed by atoms with Crippen LogP contribution in [0, 0.1) is 0 Å². The first-order valence-electron chi connectivity index (χ1n) is 8.01. The minimum atomic E-state index is -0.520. The first kappa shape index (κ1) is 17.3. The van der Waals surface area contributed by atoms with Crippen LogP contribution in [-0.4, -0.2) is 23.0 Å². The number of nitrogens with zero attached hydrogens (tertiary/aromatic N) is 2. The van der Waals surface area contributed by atoms with Gasteiger partial charge >= 0.3 is 5.97 Å². The molecule has 0 unspecified atom stereocenters. The lowest BCUT2D eigenvalue weighted by atomic mass is 10.2. The van der Waals surface area contributed by atoms with Crippen LogP contribution in [0.2, 0.25) is 0 Å². The third-order valence-corrected chi connectivity index (χ3v) is 4.41. The van der Waals surface area contributed by atoms with E-state index in [0.29, 0.717) is 17.4 Å². The fourth-order valence-electron chi connectivity index (χ4n) is 2.42. The Hall–Kier alpha value is -3.13. The van der Waals surface area contributed by atoms with Gasteiger partial charge in [0.25, 0.3) is 5.89 Å². The number of benzene rings is 2. The number of esters is 1. The molecule has 7 nitrogen and oxygen atoms in total. The highest BCUT2D eigenvalue weighted by Crippen LogP contribution is 2.32. The summed E-state index contributed by atoms with van der Waals surface area (Å²) in [6, 6.07) is 12.9. The molecule has 4 rings (SSSR count). The van der Waals surface area contributed by atoms with Crippen LogP contribution in [0.15, 0.2) is 57.4 Å². The fraction of sp³-hybridized carbons (Fsp3) is 0.105. The molecular weight excluding hydrogens is 416 g/mol. The first-order chi connectivity index (χ1) is 13.2. The SMILES string of the molecule is O=C(C=Cc1ccc2c(c1)OCO2)OCc1nnc(-c2ccccc2Br)o1. The standard InChI is InChI=1S/C19H13BrN2O5/c20-14-4-2-1-3-13(14)19-22-21-17(27-19)10-24-18(23)8-6-12-5-7-15-16(9-12)26-11-25-15/h1-9H,10-11H2. The van der Waals surface area contributed by atoms with Crippen LogP contribution in [0.4, 0.5) is 0 Å². The second kappa shape index (κ2) is 7.63. The van der Waals surface area contributed by atoms with Crippen LogP contribution < -0.4 is 9.47 Å². The molecule has 0 radical (unpaired) electrons. The second-order valence-electron chi connectivity index (χ2n) is 5.53. The molecule has 0 bridgehead atoms. The third-order valence-electron chi connectivity index (χ3n) is 3.72. The Balaban J connectivity index is 1.35. The molecule has 27 heavy (non-hydrogen) atoms. The molecule has 2 heterocycles.